The molecule has 0 saturated carbocycles. The van der Waals surface area contributed by atoms with Gasteiger partial charge in [0.25, 0.3) is 0 Å². The molecule has 0 saturated heterocycles. The molecule has 0 unspecified atom stereocenters. The summed E-state index contributed by atoms with van der Waals surface area (Å²) in [4.78, 5) is 2.56. The number of nitrogens with zero attached hydrogens (tertiary/aromatic N) is 1. The number of anilines is 3. The van der Waals surface area contributed by atoms with E-state index in [1.54, 1.807) is 0 Å². The second-order valence-corrected chi connectivity index (χ2v) is 22.0. The van der Waals surface area contributed by atoms with Crippen LogP contribution in [-0.4, -0.2) is 0 Å². The molecule has 0 aromatic heterocycles. The third-order valence-electron chi connectivity index (χ3n) is 17.3. The van der Waals surface area contributed by atoms with E-state index < -0.39 is 5.41 Å². The molecule has 10 aromatic rings. The molecular weight excluding hydrogens is 855 g/mol. The molecule has 71 heavy (non-hydrogen) atoms. The molecular formula is C70H55N. The minimum absolute atomic E-state index is 0.139. The minimum atomic E-state index is -0.534. The van der Waals surface area contributed by atoms with Crippen LogP contribution in [0.4, 0.5) is 17.1 Å². The molecule has 0 fully saturated rings. The van der Waals surface area contributed by atoms with Gasteiger partial charge in [-0.25, -0.2) is 0 Å². The van der Waals surface area contributed by atoms with E-state index in [1.165, 1.54) is 111 Å². The predicted molar refractivity (Wildman–Crippen MR) is 297 cm³/mol. The summed E-state index contributed by atoms with van der Waals surface area (Å²) in [6, 6.07) is 85.3. The van der Waals surface area contributed by atoms with Crippen LogP contribution in [0.2, 0.25) is 0 Å². The normalized spacial score (nSPS) is 15.9. The zero-order valence-corrected chi connectivity index (χ0v) is 41.3. The monoisotopic (exact) mass is 909 g/mol. The Morgan fingerprint density at radius 2 is 0.648 bits per heavy atom. The Labute approximate surface area is 418 Å². The van der Waals surface area contributed by atoms with E-state index in [4.69, 9.17) is 0 Å². The van der Waals surface area contributed by atoms with Crippen molar-refractivity contribution in [1.82, 2.24) is 0 Å². The number of hydrogen-bond acceptors (Lipinski definition) is 1. The van der Waals surface area contributed by atoms with Gasteiger partial charge in [0.05, 0.1) is 5.41 Å². The molecule has 340 valence electrons. The van der Waals surface area contributed by atoms with E-state index in [0.717, 1.165) is 17.1 Å². The van der Waals surface area contributed by atoms with Crippen LogP contribution in [-0.2, 0) is 21.7 Å². The van der Waals surface area contributed by atoms with Crippen molar-refractivity contribution in [1.29, 1.82) is 0 Å². The standard InChI is InChI=1S/C70H55N/c1-67(2)56-31-19-16-28-50(56)52-37-34-48(41-60(52)67)71(49-35-38-53-51-29-17-21-33-59(51)70(61(53)42-49,45-24-12-8-13-25-45)46-26-14-9-15-27-46)47-36-39-58-55(40-47)66-63(69(58,5)6)43-62-65(64(66)44-22-10-7-11-23-44)54-30-18-20-32-57(54)68(62,3)4/h7-43H,1-6H3. The van der Waals surface area contributed by atoms with Crippen LogP contribution < -0.4 is 4.90 Å². The Kier molecular flexibility index (Phi) is 8.72. The van der Waals surface area contributed by atoms with E-state index in [0.29, 0.717) is 0 Å². The summed E-state index contributed by atoms with van der Waals surface area (Å²) in [5.74, 6) is 0. The second kappa shape index (κ2) is 14.8. The van der Waals surface area contributed by atoms with E-state index in [2.05, 4.69) is 271 Å². The van der Waals surface area contributed by atoms with Crippen molar-refractivity contribution >= 4 is 17.1 Å². The second-order valence-electron chi connectivity index (χ2n) is 22.0. The first-order valence-electron chi connectivity index (χ1n) is 25.4. The third kappa shape index (κ3) is 5.58. The molecule has 0 amide bonds. The summed E-state index contributed by atoms with van der Waals surface area (Å²) in [5.41, 5.74) is 29.0. The molecule has 0 heterocycles. The van der Waals surface area contributed by atoms with Gasteiger partial charge in [0.2, 0.25) is 0 Å². The van der Waals surface area contributed by atoms with Gasteiger partial charge in [-0.2, -0.15) is 0 Å². The Hall–Kier alpha value is -8.00. The Balaban J connectivity index is 1.05. The van der Waals surface area contributed by atoms with Crippen LogP contribution in [0.5, 0.6) is 0 Å². The van der Waals surface area contributed by atoms with Crippen molar-refractivity contribution < 1.29 is 0 Å². The maximum absolute atomic E-state index is 2.58. The lowest BCUT2D eigenvalue weighted by Crippen LogP contribution is -2.28. The van der Waals surface area contributed by atoms with E-state index in [9.17, 15) is 0 Å². The van der Waals surface area contributed by atoms with Gasteiger partial charge in [-0.05, 0) is 148 Å². The Morgan fingerprint density at radius 3 is 1.25 bits per heavy atom. The van der Waals surface area contributed by atoms with Gasteiger partial charge in [-0.1, -0.05) is 230 Å². The molecule has 0 atom stereocenters. The van der Waals surface area contributed by atoms with Crippen LogP contribution in [0.3, 0.4) is 0 Å². The van der Waals surface area contributed by atoms with Gasteiger partial charge in [0, 0.05) is 33.3 Å². The molecule has 10 aromatic carbocycles. The first-order chi connectivity index (χ1) is 34.5. The minimum Gasteiger partial charge on any atom is -0.310 e. The van der Waals surface area contributed by atoms with Crippen LogP contribution in [0.25, 0.3) is 55.6 Å². The van der Waals surface area contributed by atoms with Gasteiger partial charge in [0.15, 0.2) is 0 Å². The topological polar surface area (TPSA) is 3.24 Å². The summed E-state index contributed by atoms with van der Waals surface area (Å²) in [7, 11) is 0. The fourth-order valence-corrected chi connectivity index (χ4v) is 13.9. The van der Waals surface area contributed by atoms with Crippen molar-refractivity contribution in [3.05, 3.63) is 280 Å². The average molecular weight is 910 g/mol. The smallest absolute Gasteiger partial charge is 0.0714 e. The van der Waals surface area contributed by atoms with Crippen LogP contribution in [0, 0.1) is 0 Å². The Morgan fingerprint density at radius 1 is 0.254 bits per heavy atom. The van der Waals surface area contributed by atoms with Crippen molar-refractivity contribution in [2.75, 3.05) is 4.90 Å². The van der Waals surface area contributed by atoms with Crippen LogP contribution in [0.15, 0.2) is 224 Å². The lowest BCUT2D eigenvalue weighted by Gasteiger charge is -2.35. The van der Waals surface area contributed by atoms with Gasteiger partial charge >= 0.3 is 0 Å². The van der Waals surface area contributed by atoms with Crippen molar-refractivity contribution in [3.63, 3.8) is 0 Å². The molecule has 0 N–H and O–H groups in total. The highest BCUT2D eigenvalue weighted by atomic mass is 15.1. The highest BCUT2D eigenvalue weighted by Gasteiger charge is 2.48. The highest BCUT2D eigenvalue weighted by molar-refractivity contribution is 6.05. The summed E-state index contributed by atoms with van der Waals surface area (Å²) < 4.78 is 0. The SMILES string of the molecule is CC1(C)c2ccccc2-c2ccc(N(c3ccc4c(c3)-c3c(cc5c(c3-c3ccccc3)-c3ccccc3C5(C)C)C4(C)C)c3ccc4c(c3)C(c3ccccc3)(c3ccccc3)c3ccccc3-4)cc21. The number of benzene rings is 10. The molecule has 1 nitrogen and oxygen atoms in total. The molecule has 4 aliphatic rings. The number of hydrogen-bond donors (Lipinski definition) is 0. The van der Waals surface area contributed by atoms with Crippen molar-refractivity contribution in [2.24, 2.45) is 0 Å². The highest BCUT2D eigenvalue weighted by Crippen LogP contribution is 2.62. The lowest BCUT2D eigenvalue weighted by atomic mass is 9.67. The van der Waals surface area contributed by atoms with E-state index in [1.807, 2.05) is 0 Å². The lowest BCUT2D eigenvalue weighted by molar-refractivity contribution is 0.639. The van der Waals surface area contributed by atoms with Gasteiger partial charge in [0.1, 0.15) is 0 Å². The van der Waals surface area contributed by atoms with Crippen LogP contribution >= 0.6 is 0 Å². The van der Waals surface area contributed by atoms with Gasteiger partial charge < -0.3 is 4.90 Å². The van der Waals surface area contributed by atoms with Gasteiger partial charge in [-0.3, -0.25) is 0 Å². The molecule has 4 aliphatic carbocycles. The quantitative estimate of drug-likeness (QED) is 0.161. The maximum Gasteiger partial charge on any atom is 0.0714 e. The first-order valence-corrected chi connectivity index (χ1v) is 25.4. The average Bonchev–Trinajstić information content (AvgIpc) is 4.00. The molecule has 0 radical (unpaired) electrons. The van der Waals surface area contributed by atoms with Crippen LogP contribution in [0.1, 0.15) is 97.2 Å². The summed E-state index contributed by atoms with van der Waals surface area (Å²) in [6.45, 7) is 14.5. The molecule has 1 heteroatoms. The predicted octanol–water partition coefficient (Wildman–Crippen LogP) is 18.1. The largest absolute Gasteiger partial charge is 0.310 e. The number of fused-ring (bicyclic) bond motifs is 12. The molecule has 0 spiro atoms. The van der Waals surface area contributed by atoms with E-state index in [-0.39, 0.29) is 16.2 Å². The zero-order chi connectivity index (χ0) is 48.0. The fourth-order valence-electron chi connectivity index (χ4n) is 13.9. The molecule has 0 aliphatic heterocycles. The first kappa shape index (κ1) is 41.9. The Bertz CT molecular complexity index is 3790. The summed E-state index contributed by atoms with van der Waals surface area (Å²) in [5, 5.41) is 0. The maximum atomic E-state index is 2.58. The third-order valence-corrected chi connectivity index (χ3v) is 17.3. The fraction of sp³-hybridized carbons (Fsp3) is 0.143. The molecule has 14 rings (SSSR count). The van der Waals surface area contributed by atoms with Crippen molar-refractivity contribution in [3.8, 4) is 55.6 Å². The molecule has 0 bridgehead atoms. The van der Waals surface area contributed by atoms with E-state index >= 15 is 0 Å². The van der Waals surface area contributed by atoms with Crippen molar-refractivity contribution in [2.45, 2.75) is 63.2 Å². The summed E-state index contributed by atoms with van der Waals surface area (Å²) in [6.07, 6.45) is 0. The van der Waals surface area contributed by atoms with Gasteiger partial charge in [-0.15, -0.1) is 0 Å². The summed E-state index contributed by atoms with van der Waals surface area (Å²) >= 11 is 0. The number of rotatable bonds is 6. The zero-order valence-electron chi connectivity index (χ0n) is 41.3.